The maximum Gasteiger partial charge on any atom is 0.451 e. The Balaban J connectivity index is 1.59. The van der Waals surface area contributed by atoms with Crippen molar-refractivity contribution in [3.8, 4) is 0 Å². The first-order chi connectivity index (χ1) is 15.6. The lowest BCUT2D eigenvalue weighted by atomic mass is 10.2. The number of carbonyl (C=O) groups is 2. The minimum Gasteiger partial charge on any atom is -0.459 e. The number of carbonyl (C=O) groups excluding carboxylic acids is 2. The van der Waals surface area contributed by atoms with Gasteiger partial charge in [0.15, 0.2) is 17.0 Å². The first kappa shape index (κ1) is 22.9. The van der Waals surface area contributed by atoms with E-state index in [4.69, 9.17) is 25.8 Å². The molecule has 1 fully saturated rings. The van der Waals surface area contributed by atoms with Gasteiger partial charge in [0.1, 0.15) is 18.2 Å². The van der Waals surface area contributed by atoms with Crippen molar-refractivity contribution in [2.24, 2.45) is 0 Å². The molecule has 2 aromatic heterocycles. The van der Waals surface area contributed by atoms with E-state index in [0.717, 1.165) is 0 Å². The number of benzene rings is 1. The summed E-state index contributed by atoms with van der Waals surface area (Å²) in [4.78, 5) is 34.5. The third-order valence-electron chi connectivity index (χ3n) is 4.78. The molecule has 0 spiro atoms. The fourth-order valence-corrected chi connectivity index (χ4v) is 3.62. The van der Waals surface area contributed by atoms with Crippen LogP contribution in [0, 0.1) is 0 Å². The van der Waals surface area contributed by atoms with E-state index in [1.54, 1.807) is 30.3 Å². The lowest BCUT2D eigenvalue weighted by Crippen LogP contribution is -2.25. The van der Waals surface area contributed by atoms with Crippen LogP contribution in [-0.4, -0.2) is 50.3 Å². The molecular formula is C20H16ClF3N4O5. The van der Waals surface area contributed by atoms with Gasteiger partial charge >= 0.3 is 18.1 Å². The topological polar surface area (TPSA) is 105 Å². The molecule has 1 aliphatic heterocycles. The molecule has 0 saturated carbocycles. The van der Waals surface area contributed by atoms with E-state index in [0.29, 0.717) is 5.56 Å². The largest absolute Gasteiger partial charge is 0.459 e. The highest BCUT2D eigenvalue weighted by Gasteiger charge is 2.41. The van der Waals surface area contributed by atoms with Crippen LogP contribution in [0.15, 0.2) is 36.7 Å². The van der Waals surface area contributed by atoms with Crippen molar-refractivity contribution in [3.63, 3.8) is 0 Å². The molecule has 0 bridgehead atoms. The highest BCUT2D eigenvalue weighted by molar-refractivity contribution is 6.33. The summed E-state index contributed by atoms with van der Waals surface area (Å²) in [5, 5.41) is -0.485. The molecule has 0 N–H and O–H groups in total. The number of hydrogen-bond acceptors (Lipinski definition) is 8. The van der Waals surface area contributed by atoms with Crippen LogP contribution in [0.4, 0.5) is 13.2 Å². The fraction of sp³-hybridized carbons (Fsp3) is 0.350. The van der Waals surface area contributed by atoms with Crippen LogP contribution in [-0.2, 0) is 25.2 Å². The minimum atomic E-state index is -4.84. The highest BCUT2D eigenvalue weighted by Crippen LogP contribution is 2.36. The molecule has 1 aliphatic rings. The molecule has 1 aromatic carbocycles. The van der Waals surface area contributed by atoms with Crippen LogP contribution in [0.5, 0.6) is 0 Å². The summed E-state index contributed by atoms with van der Waals surface area (Å²) in [5.41, 5.74) is 0.0235. The molecule has 174 valence electrons. The Kier molecular flexibility index (Phi) is 6.21. The molecule has 9 nitrogen and oxygen atoms in total. The van der Waals surface area contributed by atoms with Gasteiger partial charge in [-0.3, -0.25) is 9.36 Å². The van der Waals surface area contributed by atoms with Gasteiger partial charge in [0.05, 0.1) is 18.0 Å². The summed E-state index contributed by atoms with van der Waals surface area (Å²) >= 11 is 5.87. The van der Waals surface area contributed by atoms with Crippen LogP contribution in [0.25, 0.3) is 11.2 Å². The highest BCUT2D eigenvalue weighted by atomic mass is 35.5. The van der Waals surface area contributed by atoms with Crippen LogP contribution in [0.2, 0.25) is 5.15 Å². The Morgan fingerprint density at radius 2 is 1.97 bits per heavy atom. The van der Waals surface area contributed by atoms with Crippen molar-refractivity contribution in [2.45, 2.75) is 38.0 Å². The van der Waals surface area contributed by atoms with Crippen LogP contribution >= 0.6 is 11.6 Å². The lowest BCUT2D eigenvalue weighted by Gasteiger charge is -2.20. The summed E-state index contributed by atoms with van der Waals surface area (Å²) in [6, 6.07) is 8.29. The smallest absolute Gasteiger partial charge is 0.451 e. The quantitative estimate of drug-likeness (QED) is 0.400. The average molecular weight is 485 g/mol. The van der Waals surface area contributed by atoms with Crippen molar-refractivity contribution in [1.29, 1.82) is 0 Å². The second-order valence-corrected chi connectivity index (χ2v) is 7.51. The van der Waals surface area contributed by atoms with Gasteiger partial charge in [-0.15, -0.1) is 0 Å². The summed E-state index contributed by atoms with van der Waals surface area (Å²) in [7, 11) is 0. The Morgan fingerprint density at radius 3 is 2.64 bits per heavy atom. The zero-order valence-electron chi connectivity index (χ0n) is 17.0. The number of alkyl halides is 3. The number of nitrogens with zero attached hydrogens (tertiary/aromatic N) is 4. The number of aromatic nitrogens is 4. The molecule has 3 aromatic rings. The molecule has 4 rings (SSSR count). The van der Waals surface area contributed by atoms with E-state index in [9.17, 15) is 22.8 Å². The van der Waals surface area contributed by atoms with Crippen LogP contribution in [0.1, 0.15) is 35.8 Å². The number of fused-ring (bicyclic) bond motifs is 1. The van der Waals surface area contributed by atoms with Crippen molar-refractivity contribution in [2.75, 3.05) is 6.61 Å². The molecule has 3 atom stereocenters. The van der Waals surface area contributed by atoms with Crippen molar-refractivity contribution >= 4 is 34.7 Å². The van der Waals surface area contributed by atoms with Crippen LogP contribution in [0.3, 0.4) is 0 Å². The molecule has 0 aliphatic carbocycles. The SMILES string of the molecule is CC(=O)OC1CC(COC(=O)c2ccccc2)OC1n1cnc2c(Cl)nc(C(F)(F)F)nc21. The van der Waals surface area contributed by atoms with Crippen molar-refractivity contribution in [1.82, 2.24) is 19.5 Å². The maximum atomic E-state index is 13.2. The fourth-order valence-electron chi connectivity index (χ4n) is 3.41. The third kappa shape index (κ3) is 4.91. The van der Waals surface area contributed by atoms with E-state index < -0.39 is 47.5 Å². The van der Waals surface area contributed by atoms with Gasteiger partial charge in [-0.2, -0.15) is 13.2 Å². The van der Waals surface area contributed by atoms with Gasteiger partial charge in [0.2, 0.25) is 5.82 Å². The van der Waals surface area contributed by atoms with Crippen molar-refractivity contribution < 1.29 is 37.0 Å². The molecule has 3 heterocycles. The minimum absolute atomic E-state index is 0.0752. The van der Waals surface area contributed by atoms with Gasteiger partial charge in [0.25, 0.3) is 0 Å². The zero-order chi connectivity index (χ0) is 23.8. The Hall–Kier alpha value is -3.25. The predicted molar refractivity (Wildman–Crippen MR) is 106 cm³/mol. The van der Waals surface area contributed by atoms with E-state index >= 15 is 0 Å². The molecule has 0 amide bonds. The lowest BCUT2D eigenvalue weighted by molar-refractivity contribution is -0.152. The van der Waals surface area contributed by atoms with E-state index in [1.807, 2.05) is 0 Å². The normalized spacial score (nSPS) is 20.7. The summed E-state index contributed by atoms with van der Waals surface area (Å²) in [6.45, 7) is 1.02. The Morgan fingerprint density at radius 1 is 1.24 bits per heavy atom. The van der Waals surface area contributed by atoms with Gasteiger partial charge in [-0.25, -0.2) is 19.7 Å². The average Bonchev–Trinajstić information content (AvgIpc) is 3.35. The predicted octanol–water partition coefficient (Wildman–Crippen LogP) is 3.57. The second-order valence-electron chi connectivity index (χ2n) is 7.16. The number of ether oxygens (including phenoxy) is 3. The molecule has 3 unspecified atom stereocenters. The Labute approximate surface area is 189 Å². The first-order valence-corrected chi connectivity index (χ1v) is 10.0. The summed E-state index contributed by atoms with van der Waals surface area (Å²) < 4.78 is 57.1. The molecular weight excluding hydrogens is 469 g/mol. The van der Waals surface area contributed by atoms with Crippen molar-refractivity contribution in [3.05, 3.63) is 53.2 Å². The molecule has 13 heteroatoms. The zero-order valence-corrected chi connectivity index (χ0v) is 17.7. The summed E-state index contributed by atoms with van der Waals surface area (Å²) in [6.07, 6.45) is -6.23. The van der Waals surface area contributed by atoms with E-state index in [1.165, 1.54) is 17.8 Å². The standard InChI is InChI=1S/C20H16ClF3N4O5/c1-10(29)32-13-7-12(8-31-18(30)11-5-3-2-4-6-11)33-17(13)28-9-25-14-15(21)26-19(20(22,23)24)27-16(14)28/h2-6,9,12-13,17H,7-8H2,1H3. The third-order valence-corrected chi connectivity index (χ3v) is 5.04. The van der Waals surface area contributed by atoms with Gasteiger partial charge in [-0.05, 0) is 12.1 Å². The molecule has 1 saturated heterocycles. The number of hydrogen-bond donors (Lipinski definition) is 0. The number of rotatable bonds is 5. The van der Waals surface area contributed by atoms with Gasteiger partial charge in [-0.1, -0.05) is 29.8 Å². The second kappa shape index (κ2) is 8.94. The molecule has 33 heavy (non-hydrogen) atoms. The van der Waals surface area contributed by atoms with Crippen LogP contribution < -0.4 is 0 Å². The first-order valence-electron chi connectivity index (χ1n) is 9.65. The monoisotopic (exact) mass is 484 g/mol. The number of esters is 2. The Bertz CT molecular complexity index is 1190. The van der Waals surface area contributed by atoms with Gasteiger partial charge < -0.3 is 14.2 Å². The molecule has 0 radical (unpaired) electrons. The van der Waals surface area contributed by atoms with Gasteiger partial charge in [0, 0.05) is 13.3 Å². The van der Waals surface area contributed by atoms with E-state index in [2.05, 4.69) is 15.0 Å². The van der Waals surface area contributed by atoms with E-state index in [-0.39, 0.29) is 24.2 Å². The summed E-state index contributed by atoms with van der Waals surface area (Å²) in [5.74, 6) is -2.64. The maximum absolute atomic E-state index is 13.2. The number of halogens is 4. The number of imidazole rings is 1.